The van der Waals surface area contributed by atoms with E-state index in [1.807, 2.05) is 0 Å². The summed E-state index contributed by atoms with van der Waals surface area (Å²) in [4.78, 5) is 24.7. The third-order valence-electron chi connectivity index (χ3n) is 4.57. The Morgan fingerprint density at radius 3 is 2.52 bits per heavy atom. The molecular formula is C22H24FNO5. The number of carbonyl (C=O) groups excluding carboxylic acids is 2. The highest BCUT2D eigenvalue weighted by Gasteiger charge is 2.22. The van der Waals surface area contributed by atoms with Gasteiger partial charge in [-0.1, -0.05) is 6.92 Å². The van der Waals surface area contributed by atoms with Crippen LogP contribution in [-0.2, 0) is 14.3 Å². The van der Waals surface area contributed by atoms with Crippen LogP contribution in [0.5, 0.6) is 5.75 Å². The highest BCUT2D eigenvalue weighted by molar-refractivity contribution is 5.97. The molecule has 1 fully saturated rings. The minimum Gasteiger partial charge on any atom is -0.491 e. The Morgan fingerprint density at radius 2 is 1.90 bits per heavy atom. The molecule has 2 aromatic carbocycles. The molecule has 0 aliphatic carbocycles. The van der Waals surface area contributed by atoms with E-state index in [9.17, 15) is 14.0 Å². The van der Waals surface area contributed by atoms with Gasteiger partial charge >= 0.3 is 5.97 Å². The maximum atomic E-state index is 13.0. The van der Waals surface area contributed by atoms with Crippen LogP contribution < -0.4 is 10.1 Å². The first-order valence-corrected chi connectivity index (χ1v) is 9.67. The van der Waals surface area contributed by atoms with Crippen molar-refractivity contribution in [1.82, 2.24) is 0 Å². The molecule has 0 aromatic heterocycles. The molecule has 0 saturated carbocycles. The fraction of sp³-hybridized carbons (Fsp3) is 0.364. The topological polar surface area (TPSA) is 73.9 Å². The van der Waals surface area contributed by atoms with E-state index in [1.165, 1.54) is 24.3 Å². The van der Waals surface area contributed by atoms with Gasteiger partial charge in [0, 0.05) is 12.3 Å². The van der Waals surface area contributed by atoms with Crippen LogP contribution in [0.3, 0.4) is 0 Å². The molecule has 1 aliphatic heterocycles. The number of hydrogen-bond acceptors (Lipinski definition) is 5. The van der Waals surface area contributed by atoms with Gasteiger partial charge < -0.3 is 19.5 Å². The van der Waals surface area contributed by atoms with Crippen molar-refractivity contribution in [2.24, 2.45) is 0 Å². The first-order chi connectivity index (χ1) is 14.0. The first-order valence-electron chi connectivity index (χ1n) is 9.67. The molecule has 154 valence electrons. The van der Waals surface area contributed by atoms with E-state index in [0.717, 1.165) is 19.4 Å². The molecule has 29 heavy (non-hydrogen) atoms. The Balaban J connectivity index is 1.52. The molecule has 6 nitrogen and oxygen atoms in total. The molecule has 1 N–H and O–H groups in total. The van der Waals surface area contributed by atoms with Gasteiger partial charge in [0.15, 0.2) is 6.10 Å². The minimum atomic E-state index is -0.956. The molecule has 3 rings (SSSR count). The lowest BCUT2D eigenvalue weighted by atomic mass is 10.2. The van der Waals surface area contributed by atoms with Crippen molar-refractivity contribution < 1.29 is 28.2 Å². The van der Waals surface area contributed by atoms with Crippen LogP contribution in [-0.4, -0.2) is 37.3 Å². The predicted octanol–water partition coefficient (Wildman–Crippen LogP) is 3.96. The summed E-state index contributed by atoms with van der Waals surface area (Å²) in [5, 5.41) is 2.61. The van der Waals surface area contributed by atoms with Crippen molar-refractivity contribution in [1.29, 1.82) is 0 Å². The Bertz CT molecular complexity index is 816. The van der Waals surface area contributed by atoms with Gasteiger partial charge in [0.1, 0.15) is 18.2 Å². The highest BCUT2D eigenvalue weighted by atomic mass is 19.1. The number of rotatable bonds is 8. The van der Waals surface area contributed by atoms with E-state index in [2.05, 4.69) is 5.32 Å². The second kappa shape index (κ2) is 10.0. The van der Waals surface area contributed by atoms with Crippen LogP contribution in [0.25, 0.3) is 0 Å². The number of carbonyl (C=O) groups is 2. The van der Waals surface area contributed by atoms with E-state index in [4.69, 9.17) is 14.2 Å². The normalized spacial score (nSPS) is 16.8. The fourth-order valence-corrected chi connectivity index (χ4v) is 2.93. The minimum absolute atomic E-state index is 0.115. The van der Waals surface area contributed by atoms with E-state index in [1.54, 1.807) is 31.2 Å². The van der Waals surface area contributed by atoms with Crippen LogP contribution in [0.4, 0.5) is 10.1 Å². The maximum Gasteiger partial charge on any atom is 0.338 e. The number of amides is 1. The van der Waals surface area contributed by atoms with Gasteiger partial charge in [0.05, 0.1) is 11.7 Å². The first kappa shape index (κ1) is 20.8. The Kier molecular flexibility index (Phi) is 7.19. The van der Waals surface area contributed by atoms with Crippen molar-refractivity contribution in [2.75, 3.05) is 18.5 Å². The van der Waals surface area contributed by atoms with E-state index in [-0.39, 0.29) is 6.10 Å². The molecule has 0 radical (unpaired) electrons. The molecular weight excluding hydrogens is 377 g/mol. The second-order valence-corrected chi connectivity index (χ2v) is 6.77. The van der Waals surface area contributed by atoms with Crippen LogP contribution in [0.15, 0.2) is 48.5 Å². The molecule has 0 bridgehead atoms. The largest absolute Gasteiger partial charge is 0.491 e. The smallest absolute Gasteiger partial charge is 0.338 e. The lowest BCUT2D eigenvalue weighted by molar-refractivity contribution is -0.124. The molecule has 1 heterocycles. The monoisotopic (exact) mass is 401 g/mol. The van der Waals surface area contributed by atoms with Gasteiger partial charge in [-0.15, -0.1) is 0 Å². The molecule has 1 amide bonds. The molecule has 2 aromatic rings. The van der Waals surface area contributed by atoms with Gasteiger partial charge in [-0.2, -0.15) is 0 Å². The summed E-state index contributed by atoms with van der Waals surface area (Å²) in [6, 6.07) is 11.9. The fourth-order valence-electron chi connectivity index (χ4n) is 2.93. The zero-order valence-corrected chi connectivity index (χ0v) is 16.2. The van der Waals surface area contributed by atoms with Gasteiger partial charge in [-0.3, -0.25) is 4.79 Å². The third kappa shape index (κ3) is 6.02. The lowest BCUT2D eigenvalue weighted by Gasteiger charge is -2.16. The average Bonchev–Trinajstić information content (AvgIpc) is 3.26. The lowest BCUT2D eigenvalue weighted by Crippen LogP contribution is -2.32. The highest BCUT2D eigenvalue weighted by Crippen LogP contribution is 2.18. The molecule has 1 saturated heterocycles. The number of nitrogens with one attached hydrogen (secondary N) is 1. The van der Waals surface area contributed by atoms with Gasteiger partial charge in [-0.05, 0) is 67.8 Å². The van der Waals surface area contributed by atoms with E-state index < -0.39 is 23.8 Å². The summed E-state index contributed by atoms with van der Waals surface area (Å²) in [6.07, 6.45) is 1.50. The van der Waals surface area contributed by atoms with Crippen molar-refractivity contribution >= 4 is 17.6 Å². The van der Waals surface area contributed by atoms with Gasteiger partial charge in [0.25, 0.3) is 5.91 Å². The molecule has 2 atom stereocenters. The van der Waals surface area contributed by atoms with Crippen LogP contribution in [0, 0.1) is 5.82 Å². The number of ether oxygens (including phenoxy) is 3. The van der Waals surface area contributed by atoms with Crippen molar-refractivity contribution in [3.63, 3.8) is 0 Å². The molecule has 0 spiro atoms. The van der Waals surface area contributed by atoms with Gasteiger partial charge in [0.2, 0.25) is 0 Å². The summed E-state index contributed by atoms with van der Waals surface area (Å²) >= 11 is 0. The number of halogens is 1. The Morgan fingerprint density at radius 1 is 1.17 bits per heavy atom. The SMILES string of the molecule is CCC(OC(=O)c1ccc(OCC2CCCO2)cc1)C(=O)Nc1ccc(F)cc1. The standard InChI is InChI=1S/C22H24FNO5/c1-2-20(21(25)24-17-9-7-16(23)8-10-17)29-22(26)15-5-11-18(12-6-15)28-14-19-4-3-13-27-19/h5-12,19-20H,2-4,13-14H2,1H3,(H,24,25). The van der Waals surface area contributed by atoms with Crippen molar-refractivity contribution in [3.8, 4) is 5.75 Å². The zero-order valence-electron chi connectivity index (χ0n) is 16.2. The predicted molar refractivity (Wildman–Crippen MR) is 105 cm³/mol. The summed E-state index contributed by atoms with van der Waals surface area (Å²) in [6.45, 7) is 2.99. The number of anilines is 1. The third-order valence-corrected chi connectivity index (χ3v) is 4.57. The quantitative estimate of drug-likeness (QED) is 0.678. The summed E-state index contributed by atoms with van der Waals surface area (Å²) in [7, 11) is 0. The Labute approximate surface area is 169 Å². The second-order valence-electron chi connectivity index (χ2n) is 6.77. The van der Waals surface area contributed by atoms with Crippen molar-refractivity contribution in [3.05, 3.63) is 59.9 Å². The average molecular weight is 401 g/mol. The summed E-state index contributed by atoms with van der Waals surface area (Å²) in [5.41, 5.74) is 0.751. The Hall–Kier alpha value is -2.93. The maximum absolute atomic E-state index is 13.0. The van der Waals surface area contributed by atoms with Crippen LogP contribution in [0.1, 0.15) is 36.5 Å². The molecule has 7 heteroatoms. The number of hydrogen-bond donors (Lipinski definition) is 1. The van der Waals surface area contributed by atoms with Gasteiger partial charge in [-0.25, -0.2) is 9.18 Å². The molecule has 1 aliphatic rings. The van der Waals surface area contributed by atoms with E-state index in [0.29, 0.717) is 30.0 Å². The van der Waals surface area contributed by atoms with Crippen LogP contribution in [0.2, 0.25) is 0 Å². The zero-order chi connectivity index (χ0) is 20.6. The molecule has 2 unspecified atom stereocenters. The number of benzene rings is 2. The van der Waals surface area contributed by atoms with Crippen LogP contribution >= 0.6 is 0 Å². The summed E-state index contributed by atoms with van der Waals surface area (Å²) in [5.74, 6) is -0.830. The van der Waals surface area contributed by atoms with Crippen molar-refractivity contribution in [2.45, 2.75) is 38.4 Å². The van der Waals surface area contributed by atoms with E-state index >= 15 is 0 Å². The number of esters is 1. The summed E-state index contributed by atoms with van der Waals surface area (Å²) < 4.78 is 29.5.